The highest BCUT2D eigenvalue weighted by atomic mass is 79.9. The van der Waals surface area contributed by atoms with E-state index in [9.17, 15) is 4.79 Å². The van der Waals surface area contributed by atoms with Crippen molar-refractivity contribution in [2.75, 3.05) is 6.54 Å². The van der Waals surface area contributed by atoms with Gasteiger partial charge in [0.2, 0.25) is 5.91 Å². The number of hydrogen-bond donors (Lipinski definition) is 1. The summed E-state index contributed by atoms with van der Waals surface area (Å²) in [6.07, 6.45) is 1.86. The van der Waals surface area contributed by atoms with Gasteiger partial charge in [0, 0.05) is 17.3 Å². The maximum absolute atomic E-state index is 11.6. The molecule has 2 nitrogen and oxygen atoms in total. The summed E-state index contributed by atoms with van der Waals surface area (Å²) in [6.45, 7) is 9.13. The molecule has 1 unspecified atom stereocenters. The van der Waals surface area contributed by atoms with Gasteiger partial charge in [-0.3, -0.25) is 4.79 Å². The second-order valence-electron chi connectivity index (χ2n) is 4.02. The number of carbonyl (C=O) groups excluding carboxylic acids is 1. The van der Waals surface area contributed by atoms with Gasteiger partial charge in [0.05, 0.1) is 0 Å². The highest BCUT2D eigenvalue weighted by Crippen LogP contribution is 2.12. The van der Waals surface area contributed by atoms with Crippen LogP contribution in [0.2, 0.25) is 0 Å². The molecule has 0 aliphatic rings. The minimum Gasteiger partial charge on any atom is -0.355 e. The van der Waals surface area contributed by atoms with Crippen LogP contribution in [0.5, 0.6) is 0 Å². The van der Waals surface area contributed by atoms with Crippen LogP contribution >= 0.6 is 15.9 Å². The summed E-state index contributed by atoms with van der Waals surface area (Å²) in [6, 6.07) is 0. The molecular formula is C11H22BrNO. The topological polar surface area (TPSA) is 29.1 Å². The van der Waals surface area contributed by atoms with E-state index in [2.05, 4.69) is 48.9 Å². The van der Waals surface area contributed by atoms with Crippen molar-refractivity contribution < 1.29 is 4.79 Å². The van der Waals surface area contributed by atoms with Crippen molar-refractivity contribution in [2.24, 2.45) is 11.8 Å². The monoisotopic (exact) mass is 263 g/mol. The van der Waals surface area contributed by atoms with E-state index in [4.69, 9.17) is 0 Å². The second-order valence-corrected chi connectivity index (χ2v) is 5.19. The summed E-state index contributed by atoms with van der Waals surface area (Å²) in [4.78, 5) is 12.0. The van der Waals surface area contributed by atoms with Gasteiger partial charge in [0.25, 0.3) is 0 Å². The number of rotatable bonds is 6. The molecule has 0 rings (SSSR count). The quantitative estimate of drug-likeness (QED) is 0.734. The smallest absolute Gasteiger partial charge is 0.223 e. The first-order valence-corrected chi connectivity index (χ1v) is 6.36. The molecule has 0 heterocycles. The molecule has 1 atom stereocenters. The third kappa shape index (κ3) is 4.99. The zero-order valence-electron chi connectivity index (χ0n) is 9.64. The van der Waals surface area contributed by atoms with Gasteiger partial charge in [0.15, 0.2) is 0 Å². The summed E-state index contributed by atoms with van der Waals surface area (Å²) in [7, 11) is 0. The summed E-state index contributed by atoms with van der Waals surface area (Å²) in [5.41, 5.74) is 0. The van der Waals surface area contributed by atoms with Gasteiger partial charge < -0.3 is 5.32 Å². The highest BCUT2D eigenvalue weighted by molar-refractivity contribution is 9.09. The number of hydrogen-bond acceptors (Lipinski definition) is 1. The van der Waals surface area contributed by atoms with Crippen molar-refractivity contribution in [1.29, 1.82) is 0 Å². The van der Waals surface area contributed by atoms with Crippen molar-refractivity contribution in [3.05, 3.63) is 0 Å². The summed E-state index contributed by atoms with van der Waals surface area (Å²) in [5, 5.41) is 2.98. The predicted molar refractivity (Wildman–Crippen MR) is 64.6 cm³/mol. The van der Waals surface area contributed by atoms with E-state index in [1.807, 2.05) is 0 Å². The Labute approximate surface area is 96.0 Å². The van der Waals surface area contributed by atoms with Gasteiger partial charge in [-0.05, 0) is 18.8 Å². The van der Waals surface area contributed by atoms with E-state index in [-0.39, 0.29) is 11.8 Å². The maximum Gasteiger partial charge on any atom is 0.223 e. The van der Waals surface area contributed by atoms with Crippen LogP contribution in [0, 0.1) is 11.8 Å². The van der Waals surface area contributed by atoms with Crippen LogP contribution in [0.25, 0.3) is 0 Å². The molecule has 0 saturated carbocycles. The van der Waals surface area contributed by atoms with E-state index in [1.54, 1.807) is 0 Å². The normalized spacial score (nSPS) is 13.4. The lowest BCUT2D eigenvalue weighted by atomic mass is 10.0. The first-order chi connectivity index (χ1) is 6.52. The SMILES string of the molecule is CCC(CC)C(=O)NCC(Br)C(C)C. The fraction of sp³-hybridized carbons (Fsp3) is 0.909. The van der Waals surface area contributed by atoms with Crippen LogP contribution in [0.4, 0.5) is 0 Å². The summed E-state index contributed by atoms with van der Waals surface area (Å²) >= 11 is 3.55. The molecule has 0 saturated heterocycles. The Balaban J connectivity index is 3.83. The highest BCUT2D eigenvalue weighted by Gasteiger charge is 2.16. The van der Waals surface area contributed by atoms with E-state index < -0.39 is 0 Å². The molecule has 0 fully saturated rings. The molecule has 0 radical (unpaired) electrons. The van der Waals surface area contributed by atoms with Crippen LogP contribution in [0.15, 0.2) is 0 Å². The van der Waals surface area contributed by atoms with Crippen molar-refractivity contribution in [3.8, 4) is 0 Å². The number of amides is 1. The lowest BCUT2D eigenvalue weighted by molar-refractivity contribution is -0.125. The minimum absolute atomic E-state index is 0.182. The Bertz CT molecular complexity index is 167. The molecule has 1 amide bonds. The largest absolute Gasteiger partial charge is 0.355 e. The fourth-order valence-corrected chi connectivity index (χ4v) is 1.40. The Morgan fingerprint density at radius 1 is 1.29 bits per heavy atom. The Morgan fingerprint density at radius 3 is 2.14 bits per heavy atom. The van der Waals surface area contributed by atoms with E-state index in [0.717, 1.165) is 19.4 Å². The predicted octanol–water partition coefficient (Wildman–Crippen LogP) is 2.96. The zero-order chi connectivity index (χ0) is 11.1. The average Bonchev–Trinajstić information content (AvgIpc) is 2.15. The lowest BCUT2D eigenvalue weighted by Gasteiger charge is -2.17. The van der Waals surface area contributed by atoms with Crippen LogP contribution in [0.1, 0.15) is 40.5 Å². The lowest BCUT2D eigenvalue weighted by Crippen LogP contribution is -2.35. The van der Waals surface area contributed by atoms with Gasteiger partial charge in [0.1, 0.15) is 0 Å². The second kappa shape index (κ2) is 7.27. The summed E-state index contributed by atoms with van der Waals surface area (Å²) in [5.74, 6) is 0.930. The molecule has 0 aromatic heterocycles. The fourth-order valence-electron chi connectivity index (χ4n) is 1.24. The minimum atomic E-state index is 0.182. The first-order valence-electron chi connectivity index (χ1n) is 5.44. The average molecular weight is 264 g/mol. The number of nitrogens with one attached hydrogen (secondary N) is 1. The Kier molecular flexibility index (Phi) is 7.24. The van der Waals surface area contributed by atoms with Crippen LogP contribution in [-0.4, -0.2) is 17.3 Å². The third-order valence-electron chi connectivity index (χ3n) is 2.55. The van der Waals surface area contributed by atoms with Crippen LogP contribution in [-0.2, 0) is 4.79 Å². The van der Waals surface area contributed by atoms with Crippen molar-refractivity contribution in [2.45, 2.75) is 45.4 Å². The van der Waals surface area contributed by atoms with E-state index in [0.29, 0.717) is 10.7 Å². The Hall–Kier alpha value is -0.0500. The zero-order valence-corrected chi connectivity index (χ0v) is 11.2. The molecule has 0 aliphatic heterocycles. The van der Waals surface area contributed by atoms with Crippen LogP contribution < -0.4 is 5.32 Å². The van der Waals surface area contributed by atoms with E-state index in [1.165, 1.54) is 0 Å². The Morgan fingerprint density at radius 2 is 1.79 bits per heavy atom. The first kappa shape index (κ1) is 13.9. The van der Waals surface area contributed by atoms with Gasteiger partial charge in [-0.1, -0.05) is 43.6 Å². The molecule has 84 valence electrons. The molecule has 0 spiro atoms. The molecule has 14 heavy (non-hydrogen) atoms. The van der Waals surface area contributed by atoms with Gasteiger partial charge >= 0.3 is 0 Å². The van der Waals surface area contributed by atoms with Gasteiger partial charge in [-0.15, -0.1) is 0 Å². The molecule has 3 heteroatoms. The number of alkyl halides is 1. The molecule has 0 aromatic carbocycles. The molecule has 0 bridgehead atoms. The van der Waals surface area contributed by atoms with Crippen molar-refractivity contribution in [1.82, 2.24) is 5.32 Å². The molecular weight excluding hydrogens is 242 g/mol. The van der Waals surface area contributed by atoms with Crippen molar-refractivity contribution in [3.63, 3.8) is 0 Å². The molecule has 1 N–H and O–H groups in total. The van der Waals surface area contributed by atoms with Crippen molar-refractivity contribution >= 4 is 21.8 Å². The van der Waals surface area contributed by atoms with Gasteiger partial charge in [-0.25, -0.2) is 0 Å². The van der Waals surface area contributed by atoms with E-state index >= 15 is 0 Å². The maximum atomic E-state index is 11.6. The third-order valence-corrected chi connectivity index (χ3v) is 3.93. The standard InChI is InChI=1S/C11H22BrNO/c1-5-9(6-2)11(14)13-7-10(12)8(3)4/h8-10H,5-7H2,1-4H3,(H,13,14). The van der Waals surface area contributed by atoms with Crippen LogP contribution in [0.3, 0.4) is 0 Å². The number of halogens is 1. The summed E-state index contributed by atoms with van der Waals surface area (Å²) < 4.78 is 0. The van der Waals surface area contributed by atoms with Gasteiger partial charge in [-0.2, -0.15) is 0 Å². The molecule has 0 aliphatic carbocycles. The number of carbonyl (C=O) groups is 1. The molecule has 0 aromatic rings.